The third-order valence-corrected chi connectivity index (χ3v) is 6.74. The maximum absolute atomic E-state index is 14.3. The van der Waals surface area contributed by atoms with E-state index in [1.807, 2.05) is 0 Å². The number of unbranched alkanes of at least 4 members (excludes halogenated alkanes) is 1. The predicted molar refractivity (Wildman–Crippen MR) is 107 cm³/mol. The Morgan fingerprint density at radius 3 is 2.52 bits per heavy atom. The van der Waals surface area contributed by atoms with Gasteiger partial charge in [-0.3, -0.25) is 0 Å². The molecule has 0 aliphatic heterocycles. The molecule has 4 heteroatoms. The van der Waals surface area contributed by atoms with Gasteiger partial charge in [0.1, 0.15) is 11.6 Å². The predicted octanol–water partition coefficient (Wildman–Crippen LogP) is 7.44. The van der Waals surface area contributed by atoms with Gasteiger partial charge in [-0.25, -0.2) is 17.6 Å². The van der Waals surface area contributed by atoms with Crippen molar-refractivity contribution in [1.29, 1.82) is 0 Å². The molecule has 4 atom stereocenters. The maximum Gasteiger partial charge on any atom is 0.159 e. The topological polar surface area (TPSA) is 0 Å². The van der Waals surface area contributed by atoms with Gasteiger partial charge in [-0.05, 0) is 90.7 Å². The largest absolute Gasteiger partial charge is 0.207 e. The molecule has 0 aromatic heterocycles. The molecule has 2 aliphatic rings. The van der Waals surface area contributed by atoms with Gasteiger partial charge < -0.3 is 0 Å². The molecule has 2 aromatic carbocycles. The molecule has 0 heterocycles. The van der Waals surface area contributed by atoms with Gasteiger partial charge >= 0.3 is 0 Å². The SMILES string of the molecule is CCC/C=C/[C@@H]1CC[C@H]2c3cc(F)cc(F)c3CC[C@@H]2[C@H]1c1ccc(F)c(F)c1. The number of fused-ring (bicyclic) bond motifs is 3. The Bertz CT molecular complexity index is 917. The van der Waals surface area contributed by atoms with E-state index in [9.17, 15) is 17.6 Å². The molecule has 4 rings (SSSR count). The Hall–Kier alpha value is -2.10. The highest BCUT2D eigenvalue weighted by Crippen LogP contribution is 2.54. The van der Waals surface area contributed by atoms with Gasteiger partial charge in [-0.15, -0.1) is 0 Å². The van der Waals surface area contributed by atoms with Crippen LogP contribution < -0.4 is 0 Å². The quantitative estimate of drug-likeness (QED) is 0.368. The summed E-state index contributed by atoms with van der Waals surface area (Å²) in [5.74, 6) is -2.28. The van der Waals surface area contributed by atoms with E-state index in [0.717, 1.165) is 49.3 Å². The second kappa shape index (κ2) is 8.33. The number of halogens is 4. The molecule has 0 amide bonds. The number of rotatable bonds is 4. The molecule has 0 saturated heterocycles. The van der Waals surface area contributed by atoms with E-state index in [1.54, 1.807) is 6.07 Å². The van der Waals surface area contributed by atoms with Crippen LogP contribution in [0.5, 0.6) is 0 Å². The molecule has 0 N–H and O–H groups in total. The third kappa shape index (κ3) is 3.86. The van der Waals surface area contributed by atoms with Crippen LogP contribution >= 0.6 is 0 Å². The summed E-state index contributed by atoms with van der Waals surface area (Å²) in [6.07, 6.45) is 9.45. The second-order valence-electron chi connectivity index (χ2n) is 8.42. The molecule has 0 radical (unpaired) electrons. The van der Waals surface area contributed by atoms with Crippen LogP contribution in [0.1, 0.15) is 67.6 Å². The zero-order valence-corrected chi connectivity index (χ0v) is 16.6. The van der Waals surface area contributed by atoms with Crippen LogP contribution in [0.2, 0.25) is 0 Å². The van der Waals surface area contributed by atoms with Crippen LogP contribution in [0.4, 0.5) is 17.6 Å². The molecular formula is C25H26F4. The summed E-state index contributed by atoms with van der Waals surface area (Å²) in [5, 5.41) is 0. The van der Waals surface area contributed by atoms with Crippen molar-refractivity contribution in [3.63, 3.8) is 0 Å². The fraction of sp³-hybridized carbons (Fsp3) is 0.440. The summed E-state index contributed by atoms with van der Waals surface area (Å²) >= 11 is 0. The van der Waals surface area contributed by atoms with Crippen LogP contribution in [-0.4, -0.2) is 0 Å². The Kier molecular flexibility index (Phi) is 5.80. The highest BCUT2D eigenvalue weighted by atomic mass is 19.2. The molecule has 1 fully saturated rings. The van der Waals surface area contributed by atoms with Crippen molar-refractivity contribution < 1.29 is 17.6 Å². The summed E-state index contributed by atoms with van der Waals surface area (Å²) < 4.78 is 55.9. The highest BCUT2D eigenvalue weighted by molar-refractivity contribution is 5.38. The molecule has 0 spiro atoms. The normalized spacial score (nSPS) is 26.4. The van der Waals surface area contributed by atoms with E-state index in [2.05, 4.69) is 19.1 Å². The monoisotopic (exact) mass is 402 g/mol. The van der Waals surface area contributed by atoms with Gasteiger partial charge in [0.25, 0.3) is 0 Å². The summed E-state index contributed by atoms with van der Waals surface area (Å²) in [6.45, 7) is 2.12. The summed E-state index contributed by atoms with van der Waals surface area (Å²) in [5.41, 5.74) is 2.17. The van der Waals surface area contributed by atoms with Crippen molar-refractivity contribution in [2.75, 3.05) is 0 Å². The molecule has 0 nitrogen and oxygen atoms in total. The summed E-state index contributed by atoms with van der Waals surface area (Å²) in [7, 11) is 0. The average Bonchev–Trinajstić information content (AvgIpc) is 2.69. The van der Waals surface area contributed by atoms with E-state index in [-0.39, 0.29) is 23.7 Å². The third-order valence-electron chi connectivity index (χ3n) is 6.74. The molecule has 154 valence electrons. The second-order valence-corrected chi connectivity index (χ2v) is 8.42. The number of allylic oxidation sites excluding steroid dienone is 2. The molecule has 0 unspecified atom stereocenters. The minimum Gasteiger partial charge on any atom is -0.207 e. The smallest absolute Gasteiger partial charge is 0.159 e. The van der Waals surface area contributed by atoms with E-state index in [1.165, 1.54) is 18.2 Å². The molecule has 2 aromatic rings. The van der Waals surface area contributed by atoms with Gasteiger partial charge in [0.2, 0.25) is 0 Å². The minimum absolute atomic E-state index is 0.0106. The zero-order valence-electron chi connectivity index (χ0n) is 16.6. The molecule has 0 bridgehead atoms. The van der Waals surface area contributed by atoms with E-state index in [0.29, 0.717) is 12.0 Å². The minimum atomic E-state index is -0.850. The summed E-state index contributed by atoms with van der Waals surface area (Å²) in [4.78, 5) is 0. The summed E-state index contributed by atoms with van der Waals surface area (Å²) in [6, 6.07) is 6.62. The molecule has 1 saturated carbocycles. The number of benzene rings is 2. The number of hydrogen-bond donors (Lipinski definition) is 0. The van der Waals surface area contributed by atoms with Crippen molar-refractivity contribution in [3.05, 3.63) is 82.4 Å². The van der Waals surface area contributed by atoms with Gasteiger partial charge in [-0.2, -0.15) is 0 Å². The first-order valence-electron chi connectivity index (χ1n) is 10.6. The maximum atomic E-state index is 14.3. The fourth-order valence-electron chi connectivity index (χ4n) is 5.50. The Morgan fingerprint density at radius 1 is 0.931 bits per heavy atom. The van der Waals surface area contributed by atoms with Crippen molar-refractivity contribution in [3.8, 4) is 0 Å². The lowest BCUT2D eigenvalue weighted by Gasteiger charge is -2.46. The molecular weight excluding hydrogens is 376 g/mol. The first-order chi connectivity index (χ1) is 14.0. The van der Waals surface area contributed by atoms with Crippen LogP contribution in [0.3, 0.4) is 0 Å². The average molecular weight is 402 g/mol. The van der Waals surface area contributed by atoms with E-state index >= 15 is 0 Å². The van der Waals surface area contributed by atoms with Gasteiger partial charge in [0, 0.05) is 6.07 Å². The van der Waals surface area contributed by atoms with Crippen molar-refractivity contribution in [2.24, 2.45) is 11.8 Å². The van der Waals surface area contributed by atoms with E-state index in [4.69, 9.17) is 0 Å². The van der Waals surface area contributed by atoms with Gasteiger partial charge in [0.05, 0.1) is 0 Å². The fourth-order valence-corrected chi connectivity index (χ4v) is 5.50. The van der Waals surface area contributed by atoms with E-state index < -0.39 is 23.3 Å². The van der Waals surface area contributed by atoms with Crippen molar-refractivity contribution in [2.45, 2.75) is 57.3 Å². The highest BCUT2D eigenvalue weighted by Gasteiger charge is 2.43. The van der Waals surface area contributed by atoms with Crippen LogP contribution in [0.15, 0.2) is 42.5 Å². The first kappa shape index (κ1) is 20.2. The van der Waals surface area contributed by atoms with Crippen LogP contribution in [0.25, 0.3) is 0 Å². The standard InChI is InChI=1S/C25H26F4/c1-2-3-4-5-15-6-8-18-20(25(15)16-7-11-22(27)24(29)12-16)10-9-19-21(18)13-17(26)14-23(19)28/h4-5,7,11-15,18,20,25H,2-3,6,8-10H2,1H3/b5-4+/t15-,18-,20+,25-/m1/s1. The Labute approximate surface area is 169 Å². The van der Waals surface area contributed by atoms with Gasteiger partial charge in [0.15, 0.2) is 11.6 Å². The van der Waals surface area contributed by atoms with Crippen molar-refractivity contribution >= 4 is 0 Å². The van der Waals surface area contributed by atoms with Crippen LogP contribution in [0, 0.1) is 35.1 Å². The Balaban J connectivity index is 1.75. The van der Waals surface area contributed by atoms with Gasteiger partial charge in [-0.1, -0.05) is 31.6 Å². The zero-order chi connectivity index (χ0) is 20.5. The lowest BCUT2D eigenvalue weighted by molar-refractivity contribution is 0.193. The lowest BCUT2D eigenvalue weighted by atomic mass is 9.58. The van der Waals surface area contributed by atoms with Crippen molar-refractivity contribution in [1.82, 2.24) is 0 Å². The Morgan fingerprint density at radius 2 is 1.76 bits per heavy atom. The van der Waals surface area contributed by atoms with Crippen LogP contribution in [-0.2, 0) is 6.42 Å². The first-order valence-corrected chi connectivity index (χ1v) is 10.6. The lowest BCUT2D eigenvalue weighted by Crippen LogP contribution is -2.35. The molecule has 29 heavy (non-hydrogen) atoms. The number of hydrogen-bond acceptors (Lipinski definition) is 0. The molecule has 2 aliphatic carbocycles.